The number of hydrogen-bond acceptors (Lipinski definition) is 3. The van der Waals surface area contributed by atoms with Crippen molar-refractivity contribution in [2.45, 2.75) is 13.0 Å². The minimum atomic E-state index is -0.265. The first-order valence-corrected chi connectivity index (χ1v) is 5.82. The van der Waals surface area contributed by atoms with E-state index >= 15 is 0 Å². The number of aryl methyl sites for hydroxylation is 1. The maximum absolute atomic E-state index is 13.1. The van der Waals surface area contributed by atoms with Gasteiger partial charge in [-0.15, -0.1) is 0 Å². The number of aromatic nitrogens is 2. The monoisotopic (exact) mass is 248 g/mol. The molecule has 1 aromatic heterocycles. The van der Waals surface area contributed by atoms with Gasteiger partial charge in [0.25, 0.3) is 0 Å². The number of anilines is 1. The molecule has 2 aromatic rings. The summed E-state index contributed by atoms with van der Waals surface area (Å²) in [6.07, 6.45) is 1.79. The predicted octanol–water partition coefficient (Wildman–Crippen LogP) is 1.98. The van der Waals surface area contributed by atoms with Gasteiger partial charge in [-0.2, -0.15) is 5.10 Å². The summed E-state index contributed by atoms with van der Waals surface area (Å²) in [5.74, 6) is -0.265. The minimum absolute atomic E-state index is 0.0690. The lowest BCUT2D eigenvalue weighted by Gasteiger charge is -2.18. The highest BCUT2D eigenvalue weighted by Gasteiger charge is 2.15. The lowest BCUT2D eigenvalue weighted by atomic mass is 10.1. The molecule has 0 bridgehead atoms. The molecule has 0 aliphatic rings. The highest BCUT2D eigenvalue weighted by atomic mass is 19.1. The van der Waals surface area contributed by atoms with Crippen LogP contribution in [0.25, 0.3) is 0 Å². The first-order valence-electron chi connectivity index (χ1n) is 5.82. The second-order valence-corrected chi connectivity index (χ2v) is 4.25. The van der Waals surface area contributed by atoms with Gasteiger partial charge in [0.05, 0.1) is 12.2 Å². The van der Waals surface area contributed by atoms with Crippen molar-refractivity contribution in [3.05, 3.63) is 47.5 Å². The fourth-order valence-corrected chi connectivity index (χ4v) is 1.90. The summed E-state index contributed by atoms with van der Waals surface area (Å²) in [7, 11) is 1.88. The molecule has 96 valence electrons. The first-order chi connectivity index (χ1) is 8.61. The lowest BCUT2D eigenvalue weighted by molar-refractivity contribution is 0.627. The van der Waals surface area contributed by atoms with E-state index in [1.807, 2.05) is 20.0 Å². The molecule has 1 unspecified atom stereocenters. The Labute approximate surface area is 106 Å². The van der Waals surface area contributed by atoms with Crippen molar-refractivity contribution < 1.29 is 4.39 Å². The third-order valence-electron chi connectivity index (χ3n) is 3.05. The quantitative estimate of drug-likeness (QED) is 0.870. The molecule has 0 saturated carbocycles. The normalized spacial score (nSPS) is 12.4. The first kappa shape index (κ1) is 12.6. The van der Waals surface area contributed by atoms with Gasteiger partial charge in [-0.3, -0.25) is 4.68 Å². The molecule has 3 N–H and O–H groups in total. The van der Waals surface area contributed by atoms with Crippen molar-refractivity contribution in [3.63, 3.8) is 0 Å². The van der Waals surface area contributed by atoms with Crippen LogP contribution >= 0.6 is 0 Å². The predicted molar refractivity (Wildman–Crippen MR) is 69.8 cm³/mol. The van der Waals surface area contributed by atoms with Gasteiger partial charge in [0.2, 0.25) is 0 Å². The summed E-state index contributed by atoms with van der Waals surface area (Å²) in [6.45, 7) is 2.40. The Morgan fingerprint density at radius 1 is 1.50 bits per heavy atom. The molecule has 0 saturated heterocycles. The van der Waals surface area contributed by atoms with E-state index in [0.29, 0.717) is 12.2 Å². The Kier molecular flexibility index (Phi) is 3.62. The van der Waals surface area contributed by atoms with E-state index in [9.17, 15) is 4.39 Å². The molecule has 0 radical (unpaired) electrons. The molecule has 0 aliphatic carbocycles. The Bertz CT molecular complexity index is 536. The van der Waals surface area contributed by atoms with Crippen LogP contribution in [0.3, 0.4) is 0 Å². The molecule has 0 amide bonds. The maximum atomic E-state index is 13.1. The van der Waals surface area contributed by atoms with Gasteiger partial charge >= 0.3 is 0 Å². The SMILES string of the molecule is Cc1c(C(CN)Nc2cccc(F)c2)cnn1C. The average molecular weight is 248 g/mol. The standard InChI is InChI=1S/C13H17FN4/c1-9-12(8-16-18(9)2)13(7-15)17-11-5-3-4-10(14)6-11/h3-6,8,13,17H,7,15H2,1-2H3. The summed E-state index contributed by atoms with van der Waals surface area (Å²) in [5.41, 5.74) is 8.57. The van der Waals surface area contributed by atoms with E-state index in [0.717, 1.165) is 11.3 Å². The average Bonchev–Trinajstić information content (AvgIpc) is 2.67. The topological polar surface area (TPSA) is 55.9 Å². The van der Waals surface area contributed by atoms with Crippen LogP contribution in [-0.4, -0.2) is 16.3 Å². The van der Waals surface area contributed by atoms with Crippen molar-refractivity contribution in [2.24, 2.45) is 12.8 Å². The largest absolute Gasteiger partial charge is 0.377 e. The van der Waals surface area contributed by atoms with Crippen LogP contribution in [0.15, 0.2) is 30.5 Å². The molecule has 18 heavy (non-hydrogen) atoms. The second-order valence-electron chi connectivity index (χ2n) is 4.25. The highest BCUT2D eigenvalue weighted by Crippen LogP contribution is 2.21. The molecule has 0 fully saturated rings. The number of rotatable bonds is 4. The molecule has 1 heterocycles. The summed E-state index contributed by atoms with van der Waals surface area (Å²) >= 11 is 0. The summed E-state index contributed by atoms with van der Waals surface area (Å²) in [5, 5.41) is 7.41. The third kappa shape index (κ3) is 2.51. The minimum Gasteiger partial charge on any atom is -0.377 e. The molecule has 4 nitrogen and oxygen atoms in total. The number of benzene rings is 1. The van der Waals surface area contributed by atoms with E-state index in [2.05, 4.69) is 10.4 Å². The number of nitrogens with two attached hydrogens (primary N) is 1. The van der Waals surface area contributed by atoms with Crippen molar-refractivity contribution in [2.75, 3.05) is 11.9 Å². The fourth-order valence-electron chi connectivity index (χ4n) is 1.90. The van der Waals surface area contributed by atoms with Crippen LogP contribution in [0.2, 0.25) is 0 Å². The Morgan fingerprint density at radius 2 is 2.28 bits per heavy atom. The van der Waals surface area contributed by atoms with Crippen LogP contribution in [0.4, 0.5) is 10.1 Å². The van der Waals surface area contributed by atoms with Gasteiger partial charge in [-0.1, -0.05) is 6.07 Å². The number of nitrogens with one attached hydrogen (secondary N) is 1. The summed E-state index contributed by atoms with van der Waals surface area (Å²) < 4.78 is 14.9. The van der Waals surface area contributed by atoms with Gasteiger partial charge in [0.15, 0.2) is 0 Å². The molecule has 1 aromatic carbocycles. The van der Waals surface area contributed by atoms with Crippen LogP contribution < -0.4 is 11.1 Å². The van der Waals surface area contributed by atoms with Gasteiger partial charge in [0.1, 0.15) is 5.82 Å². The van der Waals surface area contributed by atoms with Gasteiger partial charge in [-0.05, 0) is 25.1 Å². The van der Waals surface area contributed by atoms with Crippen molar-refractivity contribution in [3.8, 4) is 0 Å². The van der Waals surface area contributed by atoms with E-state index < -0.39 is 0 Å². The van der Waals surface area contributed by atoms with E-state index in [1.165, 1.54) is 12.1 Å². The lowest BCUT2D eigenvalue weighted by Crippen LogP contribution is -2.21. The van der Waals surface area contributed by atoms with E-state index in [-0.39, 0.29) is 11.9 Å². The third-order valence-corrected chi connectivity index (χ3v) is 3.05. The van der Waals surface area contributed by atoms with Gasteiger partial charge in [-0.25, -0.2) is 4.39 Å². The maximum Gasteiger partial charge on any atom is 0.125 e. The van der Waals surface area contributed by atoms with Gasteiger partial charge < -0.3 is 11.1 Å². The van der Waals surface area contributed by atoms with Crippen LogP contribution in [-0.2, 0) is 7.05 Å². The molecular formula is C13H17FN4. The zero-order valence-electron chi connectivity index (χ0n) is 10.5. The Hall–Kier alpha value is -1.88. The number of halogens is 1. The Morgan fingerprint density at radius 3 is 2.83 bits per heavy atom. The fraction of sp³-hybridized carbons (Fsp3) is 0.308. The van der Waals surface area contributed by atoms with Crippen molar-refractivity contribution in [1.82, 2.24) is 9.78 Å². The van der Waals surface area contributed by atoms with E-state index in [1.54, 1.807) is 16.9 Å². The Balaban J connectivity index is 2.22. The zero-order valence-corrected chi connectivity index (χ0v) is 10.5. The van der Waals surface area contributed by atoms with Crippen LogP contribution in [0.1, 0.15) is 17.3 Å². The molecule has 2 rings (SSSR count). The summed E-state index contributed by atoms with van der Waals surface area (Å²) in [4.78, 5) is 0. The second kappa shape index (κ2) is 5.18. The van der Waals surface area contributed by atoms with Crippen molar-refractivity contribution in [1.29, 1.82) is 0 Å². The highest BCUT2D eigenvalue weighted by molar-refractivity contribution is 5.46. The molecule has 0 spiro atoms. The molecular weight excluding hydrogens is 231 g/mol. The smallest absolute Gasteiger partial charge is 0.125 e. The number of hydrogen-bond donors (Lipinski definition) is 2. The van der Waals surface area contributed by atoms with Crippen molar-refractivity contribution >= 4 is 5.69 Å². The van der Waals surface area contributed by atoms with Crippen LogP contribution in [0, 0.1) is 12.7 Å². The molecule has 0 aliphatic heterocycles. The molecule has 5 heteroatoms. The van der Waals surface area contributed by atoms with E-state index in [4.69, 9.17) is 5.73 Å². The van der Waals surface area contributed by atoms with Gasteiger partial charge in [0, 0.05) is 30.5 Å². The molecule has 1 atom stereocenters. The summed E-state index contributed by atoms with van der Waals surface area (Å²) in [6, 6.07) is 6.28. The number of nitrogens with zero attached hydrogens (tertiary/aromatic N) is 2. The van der Waals surface area contributed by atoms with Crippen LogP contribution in [0.5, 0.6) is 0 Å². The zero-order chi connectivity index (χ0) is 13.1.